The van der Waals surface area contributed by atoms with Gasteiger partial charge < -0.3 is 14.7 Å². The van der Waals surface area contributed by atoms with Crippen molar-refractivity contribution in [2.75, 3.05) is 42.5 Å². The quantitative estimate of drug-likeness (QED) is 0.351. The number of benzene rings is 3. The van der Waals surface area contributed by atoms with E-state index in [9.17, 15) is 29.2 Å². The average molecular weight is 774 g/mol. The van der Waals surface area contributed by atoms with Crippen molar-refractivity contribution < 1.29 is 24.0 Å². The number of nitrogens with one attached hydrogen (secondary N) is 1. The molecule has 0 radical (unpaired) electrons. The summed E-state index contributed by atoms with van der Waals surface area (Å²) in [4.78, 5) is 74.6. The molecular formula is C43H44ClN7O5. The maximum Gasteiger partial charge on any atom is 0.262 e. The normalized spacial score (nSPS) is 23.8. The molecule has 9 rings (SSSR count). The Balaban J connectivity index is 0.768. The summed E-state index contributed by atoms with van der Waals surface area (Å²) in [6.07, 6.45) is 5.21. The van der Waals surface area contributed by atoms with Gasteiger partial charge in [0.2, 0.25) is 11.8 Å². The smallest absolute Gasteiger partial charge is 0.262 e. The molecule has 3 aromatic carbocycles. The van der Waals surface area contributed by atoms with Crippen LogP contribution in [0.25, 0.3) is 0 Å². The van der Waals surface area contributed by atoms with E-state index in [0.29, 0.717) is 59.5 Å². The number of hydrogen-bond acceptors (Lipinski definition) is 9. The highest BCUT2D eigenvalue weighted by atomic mass is 35.5. The number of halogens is 1. The van der Waals surface area contributed by atoms with E-state index in [1.165, 1.54) is 0 Å². The van der Waals surface area contributed by atoms with Crippen LogP contribution in [0.4, 0.5) is 11.4 Å². The van der Waals surface area contributed by atoms with Gasteiger partial charge in [0.15, 0.2) is 0 Å². The highest BCUT2D eigenvalue weighted by Crippen LogP contribution is 2.48. The molecule has 0 aliphatic carbocycles. The Bertz CT molecular complexity index is 2160. The molecule has 0 saturated carbocycles. The third-order valence-electron chi connectivity index (χ3n) is 13.6. The van der Waals surface area contributed by atoms with Crippen molar-refractivity contribution in [3.63, 3.8) is 0 Å². The standard InChI is InChI=1S/C43H44ClN7O5/c1-26-43(14-19-50(26)33-7-4-28(23-45)36(44)22-33)12-17-47(18-13-43)31-5-2-27(3-6-31)40(54)48-15-10-32(11-16-48)49-24-29-20-34-35(21-30(29)25-49)42(56)51(41(34)55)37-8-9-38(52)46-39(37)53/h2-7,20-22,26,32,37H,8-19,24-25H2,1H3,(H,46,52,53). The summed E-state index contributed by atoms with van der Waals surface area (Å²) in [5, 5.41) is 12.0. The minimum absolute atomic E-state index is 0.0501. The van der Waals surface area contributed by atoms with E-state index in [4.69, 9.17) is 11.6 Å². The monoisotopic (exact) mass is 773 g/mol. The average Bonchev–Trinajstić information content (AvgIpc) is 3.85. The number of hydrogen-bond donors (Lipinski definition) is 1. The Morgan fingerprint density at radius 2 is 1.45 bits per heavy atom. The Morgan fingerprint density at radius 3 is 2.05 bits per heavy atom. The number of likely N-dealkylation sites (tertiary alicyclic amines) is 1. The highest BCUT2D eigenvalue weighted by molar-refractivity contribution is 6.32. The summed E-state index contributed by atoms with van der Waals surface area (Å²) in [5.41, 5.74) is 6.30. The van der Waals surface area contributed by atoms with Gasteiger partial charge in [-0.25, -0.2) is 0 Å². The molecule has 2 unspecified atom stereocenters. The third kappa shape index (κ3) is 6.12. The zero-order valence-corrected chi connectivity index (χ0v) is 32.2. The van der Waals surface area contributed by atoms with Crippen molar-refractivity contribution in [3.05, 3.63) is 93.0 Å². The molecule has 56 heavy (non-hydrogen) atoms. The van der Waals surface area contributed by atoms with Crippen LogP contribution in [-0.4, -0.2) is 95.1 Å². The van der Waals surface area contributed by atoms with Crippen LogP contribution in [0.5, 0.6) is 0 Å². The first kappa shape index (κ1) is 36.4. The lowest BCUT2D eigenvalue weighted by molar-refractivity contribution is -0.136. The van der Waals surface area contributed by atoms with Crippen molar-refractivity contribution in [1.29, 1.82) is 5.26 Å². The molecule has 4 fully saturated rings. The first-order valence-corrected chi connectivity index (χ1v) is 20.1. The maximum atomic E-state index is 13.6. The zero-order valence-electron chi connectivity index (χ0n) is 31.4. The van der Waals surface area contributed by atoms with Crippen LogP contribution >= 0.6 is 11.6 Å². The van der Waals surface area contributed by atoms with Crippen LogP contribution in [0.15, 0.2) is 54.6 Å². The number of piperidine rings is 3. The molecule has 12 nitrogen and oxygen atoms in total. The maximum absolute atomic E-state index is 13.6. The summed E-state index contributed by atoms with van der Waals surface area (Å²) >= 11 is 6.37. The number of rotatable bonds is 5. The number of nitriles is 1. The van der Waals surface area contributed by atoms with Gasteiger partial charge in [-0.1, -0.05) is 11.6 Å². The number of fused-ring (bicyclic) bond motifs is 2. The van der Waals surface area contributed by atoms with Gasteiger partial charge in [-0.3, -0.25) is 39.1 Å². The van der Waals surface area contributed by atoms with Crippen molar-refractivity contribution in [3.8, 4) is 6.07 Å². The molecular weight excluding hydrogens is 730 g/mol. The van der Waals surface area contributed by atoms with Crippen molar-refractivity contribution in [1.82, 2.24) is 20.0 Å². The van der Waals surface area contributed by atoms with Gasteiger partial charge in [-0.2, -0.15) is 5.26 Å². The minimum Gasteiger partial charge on any atom is -0.371 e. The second kappa shape index (κ2) is 14.0. The minimum atomic E-state index is -0.975. The number of anilines is 2. The third-order valence-corrected chi connectivity index (χ3v) is 13.9. The molecule has 6 aliphatic heterocycles. The van der Waals surface area contributed by atoms with E-state index in [2.05, 4.69) is 45.1 Å². The summed E-state index contributed by atoms with van der Waals surface area (Å²) in [5.74, 6) is -1.92. The Kier molecular flexibility index (Phi) is 9.13. The lowest BCUT2D eigenvalue weighted by atomic mass is 9.73. The Morgan fingerprint density at radius 1 is 0.821 bits per heavy atom. The second-order valence-corrected chi connectivity index (χ2v) is 16.7. The second-order valence-electron chi connectivity index (χ2n) is 16.3. The van der Waals surface area contributed by atoms with E-state index in [-0.39, 0.29) is 30.2 Å². The van der Waals surface area contributed by atoms with Gasteiger partial charge in [0, 0.05) is 81.3 Å². The van der Waals surface area contributed by atoms with Crippen LogP contribution < -0.4 is 15.1 Å². The molecule has 0 bridgehead atoms. The predicted molar refractivity (Wildman–Crippen MR) is 209 cm³/mol. The van der Waals surface area contributed by atoms with E-state index in [0.717, 1.165) is 79.1 Å². The Hall–Kier alpha value is -5.25. The predicted octanol–water partition coefficient (Wildman–Crippen LogP) is 5.12. The first-order valence-electron chi connectivity index (χ1n) is 19.8. The topological polar surface area (TPSA) is 137 Å². The van der Waals surface area contributed by atoms with Crippen LogP contribution in [0.3, 0.4) is 0 Å². The largest absolute Gasteiger partial charge is 0.371 e. The zero-order chi connectivity index (χ0) is 38.9. The van der Waals surface area contributed by atoms with Crippen LogP contribution in [0.2, 0.25) is 5.02 Å². The molecule has 3 aromatic rings. The molecule has 288 valence electrons. The fraction of sp³-hybridized carbons (Fsp3) is 0.442. The molecule has 0 aromatic heterocycles. The fourth-order valence-electron chi connectivity index (χ4n) is 10.2. The molecule has 2 atom stereocenters. The highest BCUT2D eigenvalue weighted by Gasteiger charge is 2.47. The van der Waals surface area contributed by atoms with Gasteiger partial charge in [0.25, 0.3) is 17.7 Å². The first-order chi connectivity index (χ1) is 27.0. The molecule has 5 amide bonds. The number of nitrogens with zero attached hydrogens (tertiary/aromatic N) is 6. The van der Waals surface area contributed by atoms with Gasteiger partial charge in [0.1, 0.15) is 12.1 Å². The number of amides is 5. The number of imide groups is 2. The van der Waals surface area contributed by atoms with E-state index in [1.54, 1.807) is 12.1 Å². The Labute approximate surface area is 330 Å². The summed E-state index contributed by atoms with van der Waals surface area (Å²) < 4.78 is 0. The van der Waals surface area contributed by atoms with Gasteiger partial charge in [0.05, 0.1) is 21.7 Å². The molecule has 13 heteroatoms. The van der Waals surface area contributed by atoms with Gasteiger partial charge in [-0.05, 0) is 117 Å². The molecule has 6 heterocycles. The summed E-state index contributed by atoms with van der Waals surface area (Å²) in [6, 6.07) is 19.3. The molecule has 6 aliphatic rings. The van der Waals surface area contributed by atoms with Crippen LogP contribution in [0.1, 0.15) is 99.6 Å². The number of carbonyl (C=O) groups is 5. The van der Waals surface area contributed by atoms with Crippen LogP contribution in [0, 0.1) is 16.7 Å². The van der Waals surface area contributed by atoms with E-state index >= 15 is 0 Å². The SMILES string of the molecule is CC1N(c2ccc(C#N)c(Cl)c2)CCC12CCN(c1ccc(C(=O)N3CCC(N4Cc5cc6c(cc5C4)C(=O)N(C4CCC(=O)NC4=O)C6=O)CC3)cc1)CC2. The van der Waals surface area contributed by atoms with Crippen molar-refractivity contribution >= 4 is 52.5 Å². The van der Waals surface area contributed by atoms with E-state index < -0.39 is 29.7 Å². The van der Waals surface area contributed by atoms with Gasteiger partial charge in [-0.15, -0.1) is 0 Å². The lowest BCUT2D eigenvalue weighted by Gasteiger charge is -2.44. The lowest BCUT2D eigenvalue weighted by Crippen LogP contribution is -2.54. The summed E-state index contributed by atoms with van der Waals surface area (Å²) in [7, 11) is 0. The molecule has 4 saturated heterocycles. The fourth-order valence-corrected chi connectivity index (χ4v) is 10.4. The molecule has 1 spiro atoms. The van der Waals surface area contributed by atoms with Crippen molar-refractivity contribution in [2.45, 2.75) is 83.1 Å². The van der Waals surface area contributed by atoms with Crippen LogP contribution in [-0.2, 0) is 22.7 Å². The number of carbonyl (C=O) groups excluding carboxylic acids is 5. The van der Waals surface area contributed by atoms with Crippen molar-refractivity contribution in [2.24, 2.45) is 5.41 Å². The van der Waals surface area contributed by atoms with Gasteiger partial charge >= 0.3 is 0 Å². The summed E-state index contributed by atoms with van der Waals surface area (Å²) in [6.45, 7) is 7.85. The van der Waals surface area contributed by atoms with E-state index in [1.807, 2.05) is 35.2 Å². The molecule has 1 N–H and O–H groups in total.